The van der Waals surface area contributed by atoms with Crippen molar-refractivity contribution in [1.82, 2.24) is 4.90 Å². The first-order valence-electron chi connectivity index (χ1n) is 13.0. The van der Waals surface area contributed by atoms with Crippen molar-refractivity contribution in [3.8, 4) is 0 Å². The largest absolute Gasteiger partial charge is 0.302 e. The van der Waals surface area contributed by atoms with Gasteiger partial charge in [-0.05, 0) is 68.7 Å². The minimum absolute atomic E-state index is 0. The van der Waals surface area contributed by atoms with E-state index < -0.39 is 7.92 Å². The molecule has 3 aromatic carbocycles. The van der Waals surface area contributed by atoms with Crippen LogP contribution in [0.4, 0.5) is 0 Å². The van der Waals surface area contributed by atoms with Gasteiger partial charge in [-0.2, -0.15) is 0 Å². The fraction of sp³-hybridized carbons (Fsp3) is 0.419. The Morgan fingerprint density at radius 3 is 1.66 bits per heavy atom. The zero-order valence-electron chi connectivity index (χ0n) is 21.1. The van der Waals surface area contributed by atoms with E-state index in [4.69, 9.17) is 0 Å². The van der Waals surface area contributed by atoms with Crippen molar-refractivity contribution in [3.05, 3.63) is 95.0 Å². The summed E-state index contributed by atoms with van der Waals surface area (Å²) in [4.78, 5) is 2.44. The second-order valence-electron chi connectivity index (χ2n) is 9.90. The molecule has 0 N–H and O–H groups in total. The second kappa shape index (κ2) is 14.7. The van der Waals surface area contributed by atoms with Crippen LogP contribution in [0.15, 0.2) is 89.4 Å². The molecule has 2 aliphatic carbocycles. The Morgan fingerprint density at radius 2 is 1.17 bits per heavy atom. The van der Waals surface area contributed by atoms with E-state index >= 15 is 0 Å². The average molecular weight is 592 g/mol. The third-order valence-electron chi connectivity index (χ3n) is 7.37. The van der Waals surface area contributed by atoms with Crippen LogP contribution >= 0.6 is 23.9 Å². The van der Waals surface area contributed by atoms with Crippen molar-refractivity contribution in [2.45, 2.75) is 63.1 Å². The van der Waals surface area contributed by atoms with E-state index in [0.29, 0.717) is 17.6 Å². The fourth-order valence-corrected chi connectivity index (χ4v) is 9.56. The molecule has 188 valence electrons. The monoisotopic (exact) mass is 591 g/mol. The number of rotatable bonds is 6. The average Bonchev–Trinajstić information content (AvgIpc) is 3.58. The molecular formula is C31H39BrFeNP. The molecule has 0 amide bonds. The number of halogens is 1. The molecule has 0 aromatic heterocycles. The van der Waals surface area contributed by atoms with Gasteiger partial charge < -0.3 is 4.90 Å². The van der Waals surface area contributed by atoms with Crippen LogP contribution in [0.2, 0.25) is 0 Å². The van der Waals surface area contributed by atoms with Gasteiger partial charge in [-0.3, -0.25) is 0 Å². The molecule has 2 saturated carbocycles. The van der Waals surface area contributed by atoms with E-state index in [0.717, 1.165) is 0 Å². The second-order valence-corrected chi connectivity index (χ2v) is 13.2. The normalized spacial score (nSPS) is 20.3. The Morgan fingerprint density at radius 1 is 0.686 bits per heavy atom. The maximum atomic E-state index is 3.84. The summed E-state index contributed by atoms with van der Waals surface area (Å²) >= 11 is 3.84. The topological polar surface area (TPSA) is 3.24 Å². The van der Waals surface area contributed by atoms with E-state index in [1.54, 1.807) is 0 Å². The van der Waals surface area contributed by atoms with Gasteiger partial charge in [0.15, 0.2) is 0 Å². The maximum absolute atomic E-state index is 3.84. The van der Waals surface area contributed by atoms with E-state index in [1.807, 2.05) is 0 Å². The first kappa shape index (κ1) is 28.6. The summed E-state index contributed by atoms with van der Waals surface area (Å²) in [7, 11) is 4.10. The van der Waals surface area contributed by atoms with Crippen LogP contribution in [0.3, 0.4) is 0 Å². The molecule has 35 heavy (non-hydrogen) atoms. The molecule has 0 bridgehead atoms. The summed E-state index contributed by atoms with van der Waals surface area (Å²) in [5.41, 5.74) is 2.11. The molecule has 3 aromatic rings. The zero-order valence-corrected chi connectivity index (χ0v) is 24.7. The van der Waals surface area contributed by atoms with Gasteiger partial charge in [0.05, 0.1) is 0 Å². The van der Waals surface area contributed by atoms with Crippen LogP contribution in [0, 0.1) is 5.92 Å². The molecule has 4 heteroatoms. The molecule has 0 heterocycles. The molecule has 3 atom stereocenters. The SMILES string of the molecule is C1CCCC1.CN(C)[C@H](c1ccccc1Br)C1CCCC1P(c1ccccc1)c1ccccc1.[Fe]. The molecule has 2 fully saturated rings. The predicted molar refractivity (Wildman–Crippen MR) is 154 cm³/mol. The summed E-state index contributed by atoms with van der Waals surface area (Å²) in [6.07, 6.45) is 11.4. The Kier molecular flexibility index (Phi) is 12.0. The third kappa shape index (κ3) is 7.53. The van der Waals surface area contributed by atoms with Crippen molar-refractivity contribution in [2.24, 2.45) is 5.92 Å². The molecule has 2 unspecified atom stereocenters. The predicted octanol–water partition coefficient (Wildman–Crippen LogP) is 8.30. The first-order chi connectivity index (χ1) is 16.7. The van der Waals surface area contributed by atoms with Crippen LogP contribution in [-0.4, -0.2) is 24.7 Å². The Balaban J connectivity index is 0.000000509. The number of nitrogens with zero attached hydrogens (tertiary/aromatic N) is 1. The van der Waals surface area contributed by atoms with Crippen LogP contribution in [0.25, 0.3) is 0 Å². The van der Waals surface area contributed by atoms with Crippen LogP contribution in [0.1, 0.15) is 63.0 Å². The van der Waals surface area contributed by atoms with Gasteiger partial charge in [0.25, 0.3) is 0 Å². The van der Waals surface area contributed by atoms with Gasteiger partial charge >= 0.3 is 0 Å². The first-order valence-corrected chi connectivity index (χ1v) is 15.2. The van der Waals surface area contributed by atoms with Gasteiger partial charge in [-0.25, -0.2) is 0 Å². The molecule has 0 saturated heterocycles. The minimum Gasteiger partial charge on any atom is -0.302 e. The summed E-state index contributed by atoms with van der Waals surface area (Å²) in [6.45, 7) is 0. The van der Waals surface area contributed by atoms with Crippen LogP contribution < -0.4 is 10.6 Å². The van der Waals surface area contributed by atoms with E-state index in [1.165, 1.54) is 72.0 Å². The third-order valence-corrected chi connectivity index (χ3v) is 11.1. The summed E-state index contributed by atoms with van der Waals surface area (Å²) in [5, 5.41) is 3.02. The van der Waals surface area contributed by atoms with Gasteiger partial charge in [-0.1, -0.05) is 133 Å². The fourth-order valence-electron chi connectivity index (χ4n) is 5.86. The molecule has 5 rings (SSSR count). The number of hydrogen-bond acceptors (Lipinski definition) is 1. The number of hydrogen-bond donors (Lipinski definition) is 0. The van der Waals surface area contributed by atoms with Gasteiger partial charge in [0.1, 0.15) is 0 Å². The summed E-state index contributed by atoms with van der Waals surface area (Å²) in [5.74, 6) is 0.648. The van der Waals surface area contributed by atoms with Crippen molar-refractivity contribution in [3.63, 3.8) is 0 Å². The summed E-state index contributed by atoms with van der Waals surface area (Å²) in [6, 6.07) is 31.7. The molecule has 0 spiro atoms. The molecule has 0 aliphatic heterocycles. The quantitative estimate of drug-likeness (QED) is 0.206. The molecule has 0 radical (unpaired) electrons. The van der Waals surface area contributed by atoms with Crippen molar-refractivity contribution >= 4 is 34.5 Å². The van der Waals surface area contributed by atoms with Crippen molar-refractivity contribution < 1.29 is 17.1 Å². The zero-order chi connectivity index (χ0) is 23.8. The van der Waals surface area contributed by atoms with Crippen LogP contribution in [-0.2, 0) is 17.1 Å². The van der Waals surface area contributed by atoms with E-state index in [2.05, 4.69) is 120 Å². The van der Waals surface area contributed by atoms with Crippen molar-refractivity contribution in [1.29, 1.82) is 0 Å². The molecule has 1 nitrogen and oxygen atoms in total. The van der Waals surface area contributed by atoms with Gasteiger partial charge in [0, 0.05) is 27.6 Å². The Labute approximate surface area is 233 Å². The van der Waals surface area contributed by atoms with E-state index in [9.17, 15) is 0 Å². The minimum atomic E-state index is -0.391. The molecular weight excluding hydrogens is 553 g/mol. The smallest absolute Gasteiger partial charge is 0.0387 e. The summed E-state index contributed by atoms with van der Waals surface area (Å²) < 4.78 is 1.23. The Hall–Kier alpha value is -0.951. The maximum Gasteiger partial charge on any atom is 0.0387 e. The standard InChI is InChI=1S/C26H29BrNP.C5H10.Fe/c1-28(2)26(22-16-9-10-18-24(22)27)23-17-11-19-25(23)29(20-12-5-3-6-13-20)21-14-7-4-8-15-21;1-2-4-5-3-1;/h3-10,12-16,18,23,25-26H,11,17,19H2,1-2H3;1-5H2;/t23?,25?,26-;;/m1../s1. The van der Waals surface area contributed by atoms with Gasteiger partial charge in [-0.15, -0.1) is 0 Å². The van der Waals surface area contributed by atoms with Crippen molar-refractivity contribution in [2.75, 3.05) is 14.1 Å². The van der Waals surface area contributed by atoms with Gasteiger partial charge in [0.2, 0.25) is 0 Å². The van der Waals surface area contributed by atoms with Crippen LogP contribution in [0.5, 0.6) is 0 Å². The molecule has 2 aliphatic rings. The van der Waals surface area contributed by atoms with E-state index in [-0.39, 0.29) is 17.1 Å². The number of benzene rings is 3. The Bertz CT molecular complexity index is 946.